The Balaban J connectivity index is 1.63. The lowest BCUT2D eigenvalue weighted by Crippen LogP contribution is -2.38. The minimum atomic E-state index is 0.618. The Morgan fingerprint density at radius 2 is 1.83 bits per heavy atom. The molecule has 0 aliphatic heterocycles. The lowest BCUT2D eigenvalue weighted by molar-refractivity contribution is 0.125. The second-order valence-electron chi connectivity index (χ2n) is 5.02. The van der Waals surface area contributed by atoms with Crippen molar-refractivity contribution in [2.75, 3.05) is 20.2 Å². The molecule has 4 nitrogen and oxygen atoms in total. The molecule has 0 spiro atoms. The predicted octanol–water partition coefficient (Wildman–Crippen LogP) is 3.22. The summed E-state index contributed by atoms with van der Waals surface area (Å²) >= 11 is 5.97. The molecule has 23 heavy (non-hydrogen) atoms. The van der Waals surface area contributed by atoms with Gasteiger partial charge in [-0.2, -0.15) is 0 Å². The van der Waals surface area contributed by atoms with E-state index in [2.05, 4.69) is 27.8 Å². The second kappa shape index (κ2) is 9.87. The van der Waals surface area contributed by atoms with Gasteiger partial charge in [-0.25, -0.2) is 0 Å². The monoisotopic (exact) mass is 331 g/mol. The van der Waals surface area contributed by atoms with E-state index in [-0.39, 0.29) is 0 Å². The summed E-state index contributed by atoms with van der Waals surface area (Å²) in [7, 11) is 1.75. The highest BCUT2D eigenvalue weighted by Gasteiger charge is 1.99. The van der Waals surface area contributed by atoms with Crippen molar-refractivity contribution in [2.24, 2.45) is 4.99 Å². The third-order valence-corrected chi connectivity index (χ3v) is 3.46. The van der Waals surface area contributed by atoms with Crippen LogP contribution in [0.15, 0.2) is 59.6 Å². The SMILES string of the molecule is CN=C(NCCOCc1ccccc1)NCc1cccc(Cl)c1. The molecule has 0 radical (unpaired) electrons. The number of benzene rings is 2. The zero-order valence-electron chi connectivity index (χ0n) is 13.3. The number of aliphatic imine (C=N–C) groups is 1. The molecule has 2 N–H and O–H groups in total. The summed E-state index contributed by atoms with van der Waals surface area (Å²) in [5, 5.41) is 7.21. The first-order chi connectivity index (χ1) is 11.3. The molecule has 0 bridgehead atoms. The molecular formula is C18H22ClN3O. The molecule has 5 heteroatoms. The van der Waals surface area contributed by atoms with E-state index in [1.54, 1.807) is 7.05 Å². The Morgan fingerprint density at radius 3 is 2.57 bits per heavy atom. The molecule has 0 heterocycles. The first-order valence-corrected chi connectivity index (χ1v) is 7.96. The Hall–Kier alpha value is -2.04. The number of halogens is 1. The van der Waals surface area contributed by atoms with E-state index >= 15 is 0 Å². The molecule has 0 amide bonds. The summed E-state index contributed by atoms with van der Waals surface area (Å²) in [5.74, 6) is 0.744. The number of nitrogens with zero attached hydrogens (tertiary/aromatic N) is 1. The average Bonchev–Trinajstić information content (AvgIpc) is 2.58. The normalized spacial score (nSPS) is 11.3. The number of rotatable bonds is 7. The fourth-order valence-corrected chi connectivity index (χ4v) is 2.27. The first-order valence-electron chi connectivity index (χ1n) is 7.58. The van der Waals surface area contributed by atoms with Crippen molar-refractivity contribution >= 4 is 17.6 Å². The molecule has 2 aromatic carbocycles. The van der Waals surface area contributed by atoms with Gasteiger partial charge in [-0.15, -0.1) is 0 Å². The van der Waals surface area contributed by atoms with Crippen LogP contribution in [0.25, 0.3) is 0 Å². The number of guanidine groups is 1. The fourth-order valence-electron chi connectivity index (χ4n) is 2.06. The molecule has 122 valence electrons. The molecule has 0 aliphatic carbocycles. The van der Waals surface area contributed by atoms with Gasteiger partial charge in [0, 0.05) is 25.2 Å². The third-order valence-electron chi connectivity index (χ3n) is 3.22. The van der Waals surface area contributed by atoms with Crippen LogP contribution in [0, 0.1) is 0 Å². The molecule has 0 saturated heterocycles. The molecule has 0 unspecified atom stereocenters. The first kappa shape index (κ1) is 17.3. The minimum absolute atomic E-state index is 0.618. The highest BCUT2D eigenvalue weighted by atomic mass is 35.5. The van der Waals surface area contributed by atoms with Crippen LogP contribution in [0.1, 0.15) is 11.1 Å². The van der Waals surface area contributed by atoms with Crippen molar-refractivity contribution in [3.8, 4) is 0 Å². The maximum absolute atomic E-state index is 5.97. The number of hydrogen-bond acceptors (Lipinski definition) is 2. The molecule has 0 aliphatic rings. The van der Waals surface area contributed by atoms with E-state index < -0.39 is 0 Å². The lowest BCUT2D eigenvalue weighted by atomic mass is 10.2. The van der Waals surface area contributed by atoms with Crippen molar-refractivity contribution < 1.29 is 4.74 Å². The van der Waals surface area contributed by atoms with Gasteiger partial charge in [-0.1, -0.05) is 54.1 Å². The fraction of sp³-hybridized carbons (Fsp3) is 0.278. The van der Waals surface area contributed by atoms with Gasteiger partial charge in [-0.3, -0.25) is 4.99 Å². The Morgan fingerprint density at radius 1 is 1.04 bits per heavy atom. The zero-order chi connectivity index (χ0) is 16.3. The van der Waals surface area contributed by atoms with Crippen LogP contribution in [0.3, 0.4) is 0 Å². The summed E-state index contributed by atoms with van der Waals surface area (Å²) in [4.78, 5) is 4.19. The van der Waals surface area contributed by atoms with Gasteiger partial charge in [-0.05, 0) is 23.3 Å². The highest BCUT2D eigenvalue weighted by Crippen LogP contribution is 2.10. The molecule has 2 rings (SSSR count). The Kier molecular flexibility index (Phi) is 7.43. The van der Waals surface area contributed by atoms with Gasteiger partial charge in [0.1, 0.15) is 0 Å². The van der Waals surface area contributed by atoms with Crippen LogP contribution in [0.5, 0.6) is 0 Å². The molecule has 0 fully saturated rings. The number of nitrogens with one attached hydrogen (secondary N) is 2. The van der Waals surface area contributed by atoms with Crippen LogP contribution in [-0.2, 0) is 17.9 Å². The average molecular weight is 332 g/mol. The van der Waals surface area contributed by atoms with E-state index in [0.29, 0.717) is 26.3 Å². The molecule has 0 saturated carbocycles. The molecule has 2 aromatic rings. The number of hydrogen-bond donors (Lipinski definition) is 2. The zero-order valence-corrected chi connectivity index (χ0v) is 14.0. The van der Waals surface area contributed by atoms with Crippen molar-refractivity contribution in [3.05, 3.63) is 70.7 Å². The summed E-state index contributed by atoms with van der Waals surface area (Å²) in [5.41, 5.74) is 2.29. The van der Waals surface area contributed by atoms with Crippen molar-refractivity contribution in [2.45, 2.75) is 13.2 Å². The van der Waals surface area contributed by atoms with Gasteiger partial charge < -0.3 is 15.4 Å². The second-order valence-corrected chi connectivity index (χ2v) is 5.46. The quantitative estimate of drug-likeness (QED) is 0.465. The topological polar surface area (TPSA) is 45.7 Å². The molecular weight excluding hydrogens is 310 g/mol. The van der Waals surface area contributed by atoms with Gasteiger partial charge in [0.15, 0.2) is 5.96 Å². The van der Waals surface area contributed by atoms with E-state index in [1.165, 1.54) is 5.56 Å². The van der Waals surface area contributed by atoms with Crippen molar-refractivity contribution in [1.29, 1.82) is 0 Å². The Labute approximate surface area is 142 Å². The van der Waals surface area contributed by atoms with Crippen LogP contribution in [0.2, 0.25) is 5.02 Å². The van der Waals surface area contributed by atoms with E-state index in [1.807, 2.05) is 42.5 Å². The van der Waals surface area contributed by atoms with E-state index in [4.69, 9.17) is 16.3 Å². The molecule has 0 atom stereocenters. The van der Waals surface area contributed by atoms with Gasteiger partial charge >= 0.3 is 0 Å². The third kappa shape index (κ3) is 6.72. The smallest absolute Gasteiger partial charge is 0.191 e. The van der Waals surface area contributed by atoms with Crippen molar-refractivity contribution in [3.63, 3.8) is 0 Å². The van der Waals surface area contributed by atoms with Crippen molar-refractivity contribution in [1.82, 2.24) is 10.6 Å². The Bertz CT molecular complexity index is 617. The standard InChI is InChI=1S/C18H22ClN3O/c1-20-18(22-13-16-8-5-9-17(19)12-16)21-10-11-23-14-15-6-3-2-4-7-15/h2-9,12H,10-11,13-14H2,1H3,(H2,20,21,22). The van der Waals surface area contributed by atoms with Gasteiger partial charge in [0.2, 0.25) is 0 Å². The van der Waals surface area contributed by atoms with Crippen LogP contribution in [-0.4, -0.2) is 26.2 Å². The minimum Gasteiger partial charge on any atom is -0.375 e. The largest absolute Gasteiger partial charge is 0.375 e. The number of ether oxygens (including phenoxy) is 1. The van der Waals surface area contributed by atoms with Crippen LogP contribution < -0.4 is 10.6 Å². The van der Waals surface area contributed by atoms with E-state index in [9.17, 15) is 0 Å². The summed E-state index contributed by atoms with van der Waals surface area (Å²) < 4.78 is 5.63. The van der Waals surface area contributed by atoms with Gasteiger partial charge in [0.05, 0.1) is 13.2 Å². The van der Waals surface area contributed by atoms with Gasteiger partial charge in [0.25, 0.3) is 0 Å². The van der Waals surface area contributed by atoms with Crippen LogP contribution >= 0.6 is 11.6 Å². The summed E-state index contributed by atoms with van der Waals surface area (Å²) in [6.07, 6.45) is 0. The summed E-state index contributed by atoms with van der Waals surface area (Å²) in [6, 6.07) is 17.9. The molecule has 0 aromatic heterocycles. The highest BCUT2D eigenvalue weighted by molar-refractivity contribution is 6.30. The van der Waals surface area contributed by atoms with E-state index in [0.717, 1.165) is 16.5 Å². The maximum atomic E-state index is 5.97. The van der Waals surface area contributed by atoms with Crippen LogP contribution in [0.4, 0.5) is 0 Å². The summed E-state index contributed by atoms with van der Waals surface area (Å²) in [6.45, 7) is 2.61. The lowest BCUT2D eigenvalue weighted by Gasteiger charge is -2.12. The maximum Gasteiger partial charge on any atom is 0.191 e. The predicted molar refractivity (Wildman–Crippen MR) is 95.8 cm³/mol.